The van der Waals surface area contributed by atoms with Gasteiger partial charge in [0.15, 0.2) is 17.2 Å². The highest BCUT2D eigenvalue weighted by molar-refractivity contribution is 6.33. The van der Waals surface area contributed by atoms with Crippen LogP contribution in [-0.4, -0.2) is 49.1 Å². The van der Waals surface area contributed by atoms with E-state index in [0.717, 1.165) is 0 Å². The summed E-state index contributed by atoms with van der Waals surface area (Å²) in [6.45, 7) is 5.25. The van der Waals surface area contributed by atoms with E-state index in [0.29, 0.717) is 30.5 Å². The molecule has 1 aromatic carbocycles. The molecule has 2 aromatic rings. The standard InChI is InChI=1S/C18H22ClN5O4/c1-5-24(6-2)18-20-10-12(19)15(21-18)17(26)23-22-16(25)11-7-8-13(27-3)14(9-11)28-4/h7-10H,5-6H2,1-4H3,(H,22,25)(H,23,26). The van der Waals surface area contributed by atoms with Gasteiger partial charge in [-0.15, -0.1) is 0 Å². The predicted octanol–water partition coefficient (Wildman–Crippen LogP) is 2.07. The van der Waals surface area contributed by atoms with Crippen LogP contribution in [0.4, 0.5) is 5.95 Å². The lowest BCUT2D eigenvalue weighted by Gasteiger charge is -2.19. The lowest BCUT2D eigenvalue weighted by molar-refractivity contribution is 0.0844. The van der Waals surface area contributed by atoms with Crippen molar-refractivity contribution in [2.75, 3.05) is 32.2 Å². The summed E-state index contributed by atoms with van der Waals surface area (Å²) in [5, 5.41) is 0.0776. The van der Waals surface area contributed by atoms with Gasteiger partial charge in [0.1, 0.15) is 0 Å². The Morgan fingerprint density at radius 1 is 1.07 bits per heavy atom. The molecule has 0 radical (unpaired) electrons. The smallest absolute Gasteiger partial charge is 0.290 e. The first-order valence-corrected chi connectivity index (χ1v) is 8.93. The van der Waals surface area contributed by atoms with Gasteiger partial charge in [-0.05, 0) is 32.0 Å². The summed E-state index contributed by atoms with van der Waals surface area (Å²) in [5.74, 6) is 0.0628. The zero-order valence-electron chi connectivity index (χ0n) is 16.1. The third-order valence-electron chi connectivity index (χ3n) is 3.93. The normalized spacial score (nSPS) is 10.2. The molecule has 2 N–H and O–H groups in total. The highest BCUT2D eigenvalue weighted by Gasteiger charge is 2.18. The van der Waals surface area contributed by atoms with E-state index >= 15 is 0 Å². The van der Waals surface area contributed by atoms with Crippen LogP contribution >= 0.6 is 11.6 Å². The number of benzene rings is 1. The maximum absolute atomic E-state index is 12.4. The van der Waals surface area contributed by atoms with Crippen LogP contribution in [0.5, 0.6) is 11.5 Å². The van der Waals surface area contributed by atoms with Crippen LogP contribution in [0.1, 0.15) is 34.7 Å². The van der Waals surface area contributed by atoms with E-state index in [1.54, 1.807) is 12.1 Å². The molecule has 2 rings (SSSR count). The van der Waals surface area contributed by atoms with Crippen molar-refractivity contribution in [1.29, 1.82) is 0 Å². The summed E-state index contributed by atoms with van der Waals surface area (Å²) in [6, 6.07) is 4.63. The van der Waals surface area contributed by atoms with Gasteiger partial charge in [-0.3, -0.25) is 20.4 Å². The molecule has 0 bridgehead atoms. The molecule has 0 saturated heterocycles. The highest BCUT2D eigenvalue weighted by Crippen LogP contribution is 2.27. The Morgan fingerprint density at radius 2 is 1.71 bits per heavy atom. The molecule has 1 aromatic heterocycles. The summed E-state index contributed by atoms with van der Waals surface area (Å²) in [4.78, 5) is 34.9. The van der Waals surface area contributed by atoms with Crippen molar-refractivity contribution >= 4 is 29.4 Å². The number of hydrazine groups is 1. The van der Waals surface area contributed by atoms with E-state index in [1.807, 2.05) is 18.7 Å². The first-order valence-electron chi connectivity index (χ1n) is 8.55. The lowest BCUT2D eigenvalue weighted by atomic mass is 10.2. The van der Waals surface area contributed by atoms with Gasteiger partial charge in [0.25, 0.3) is 11.8 Å². The van der Waals surface area contributed by atoms with Crippen molar-refractivity contribution in [1.82, 2.24) is 20.8 Å². The van der Waals surface area contributed by atoms with Crippen molar-refractivity contribution < 1.29 is 19.1 Å². The zero-order valence-corrected chi connectivity index (χ0v) is 16.8. The molecule has 0 aliphatic carbocycles. The summed E-state index contributed by atoms with van der Waals surface area (Å²) < 4.78 is 10.3. The number of anilines is 1. The van der Waals surface area contributed by atoms with E-state index in [4.69, 9.17) is 21.1 Å². The largest absolute Gasteiger partial charge is 0.493 e. The van der Waals surface area contributed by atoms with Crippen molar-refractivity contribution in [3.8, 4) is 11.5 Å². The number of hydrogen-bond acceptors (Lipinski definition) is 7. The lowest BCUT2D eigenvalue weighted by Crippen LogP contribution is -2.42. The minimum Gasteiger partial charge on any atom is -0.493 e. The van der Waals surface area contributed by atoms with Crippen LogP contribution in [0.15, 0.2) is 24.4 Å². The molecule has 1 heterocycles. The molecule has 2 amide bonds. The molecule has 28 heavy (non-hydrogen) atoms. The van der Waals surface area contributed by atoms with Crippen LogP contribution < -0.4 is 25.2 Å². The minimum atomic E-state index is -0.658. The van der Waals surface area contributed by atoms with Crippen LogP contribution in [0.25, 0.3) is 0 Å². The van der Waals surface area contributed by atoms with E-state index < -0.39 is 11.8 Å². The number of halogens is 1. The van der Waals surface area contributed by atoms with Crippen molar-refractivity contribution in [2.24, 2.45) is 0 Å². The molecule has 0 spiro atoms. The first-order chi connectivity index (χ1) is 13.4. The van der Waals surface area contributed by atoms with Crippen molar-refractivity contribution in [3.63, 3.8) is 0 Å². The van der Waals surface area contributed by atoms with Crippen LogP contribution in [0, 0.1) is 0 Å². The van der Waals surface area contributed by atoms with Gasteiger partial charge in [0, 0.05) is 18.7 Å². The van der Waals surface area contributed by atoms with Crippen LogP contribution in [0.3, 0.4) is 0 Å². The van der Waals surface area contributed by atoms with Crippen LogP contribution in [0.2, 0.25) is 5.02 Å². The summed E-state index contributed by atoms with van der Waals surface area (Å²) >= 11 is 6.04. The number of rotatable bonds is 7. The molecule has 10 heteroatoms. The Morgan fingerprint density at radius 3 is 2.32 bits per heavy atom. The molecule has 0 aliphatic rings. The summed E-state index contributed by atoms with van der Waals surface area (Å²) in [6.07, 6.45) is 1.35. The van der Waals surface area contributed by atoms with Gasteiger partial charge in [-0.1, -0.05) is 11.6 Å². The monoisotopic (exact) mass is 407 g/mol. The number of carbonyl (C=O) groups is 2. The molecular weight excluding hydrogens is 386 g/mol. The molecule has 0 atom stereocenters. The van der Waals surface area contributed by atoms with Crippen molar-refractivity contribution in [3.05, 3.63) is 40.7 Å². The predicted molar refractivity (Wildman–Crippen MR) is 105 cm³/mol. The van der Waals surface area contributed by atoms with E-state index in [1.165, 1.54) is 26.5 Å². The SMILES string of the molecule is CCN(CC)c1ncc(Cl)c(C(=O)NNC(=O)c2ccc(OC)c(OC)c2)n1. The van der Waals surface area contributed by atoms with E-state index in [9.17, 15) is 9.59 Å². The molecule has 0 aliphatic heterocycles. The van der Waals surface area contributed by atoms with Gasteiger partial charge < -0.3 is 14.4 Å². The number of aromatic nitrogens is 2. The Hall–Kier alpha value is -3.07. The van der Waals surface area contributed by atoms with Crippen molar-refractivity contribution in [2.45, 2.75) is 13.8 Å². The van der Waals surface area contributed by atoms with Gasteiger partial charge >= 0.3 is 0 Å². The number of ether oxygens (including phenoxy) is 2. The average molecular weight is 408 g/mol. The Labute approximate surface area is 168 Å². The van der Waals surface area contributed by atoms with E-state index in [2.05, 4.69) is 20.8 Å². The summed E-state index contributed by atoms with van der Waals surface area (Å²) in [7, 11) is 2.96. The van der Waals surface area contributed by atoms with E-state index in [-0.39, 0.29) is 16.3 Å². The number of carbonyl (C=O) groups excluding carboxylic acids is 2. The Kier molecular flexibility index (Phi) is 7.39. The Bertz CT molecular complexity index is 858. The maximum atomic E-state index is 12.4. The zero-order chi connectivity index (χ0) is 20.7. The highest BCUT2D eigenvalue weighted by atomic mass is 35.5. The third-order valence-corrected chi connectivity index (χ3v) is 4.20. The second-order valence-electron chi connectivity index (χ2n) is 5.52. The molecule has 9 nitrogen and oxygen atoms in total. The Balaban J connectivity index is 2.11. The quantitative estimate of drug-likeness (QED) is 0.676. The first kappa shape index (κ1) is 21.2. The van der Waals surface area contributed by atoms with Crippen LogP contribution in [-0.2, 0) is 0 Å². The number of nitrogens with one attached hydrogen (secondary N) is 2. The fraction of sp³-hybridized carbons (Fsp3) is 0.333. The average Bonchev–Trinajstić information content (AvgIpc) is 2.73. The molecule has 0 saturated carbocycles. The van der Waals surface area contributed by atoms with Gasteiger partial charge in [0.05, 0.1) is 25.4 Å². The second kappa shape index (κ2) is 9.75. The van der Waals surface area contributed by atoms with Gasteiger partial charge in [-0.2, -0.15) is 0 Å². The summed E-state index contributed by atoms with van der Waals surface area (Å²) in [5.41, 5.74) is 4.86. The molecule has 0 unspecified atom stereocenters. The third kappa shape index (κ3) is 4.80. The van der Waals surface area contributed by atoms with Gasteiger partial charge in [0.2, 0.25) is 5.95 Å². The molecule has 150 valence electrons. The fourth-order valence-corrected chi connectivity index (χ4v) is 2.58. The number of nitrogens with zero attached hydrogens (tertiary/aromatic N) is 3. The second-order valence-corrected chi connectivity index (χ2v) is 5.92. The topological polar surface area (TPSA) is 106 Å². The number of hydrogen-bond donors (Lipinski definition) is 2. The number of amides is 2. The molecular formula is C18H22ClN5O4. The minimum absolute atomic E-state index is 0.0359. The fourth-order valence-electron chi connectivity index (χ4n) is 2.40. The van der Waals surface area contributed by atoms with Gasteiger partial charge in [-0.25, -0.2) is 9.97 Å². The number of methoxy groups -OCH3 is 2. The maximum Gasteiger partial charge on any atom is 0.290 e. The molecule has 0 fully saturated rings.